The Hall–Kier alpha value is -1.16. The van der Waals surface area contributed by atoms with Crippen molar-refractivity contribution >= 4 is 17.5 Å². The molecule has 1 N–H and O–H groups in total. The Balaban J connectivity index is 2.97. The smallest absolute Gasteiger partial charge is 0.254 e. The molecule has 0 unspecified atom stereocenters. The van der Waals surface area contributed by atoms with Crippen molar-refractivity contribution in [1.29, 1.82) is 0 Å². The first-order chi connectivity index (χ1) is 7.47. The zero-order chi connectivity index (χ0) is 12.3. The number of hydrogen-bond donors (Lipinski definition) is 1. The maximum atomic E-state index is 13.4. The Morgan fingerprint density at radius 1 is 1.50 bits per heavy atom. The van der Waals surface area contributed by atoms with Crippen LogP contribution in [-0.2, 0) is 0 Å². The largest absolute Gasteiger partial charge is 0.350 e. The summed E-state index contributed by atoms with van der Waals surface area (Å²) in [5.74, 6) is -2.49. The molecule has 0 aliphatic heterocycles. The van der Waals surface area contributed by atoms with E-state index in [1.54, 1.807) is 6.92 Å². The van der Waals surface area contributed by atoms with Gasteiger partial charge >= 0.3 is 0 Å². The van der Waals surface area contributed by atoms with Gasteiger partial charge in [-0.3, -0.25) is 4.79 Å². The average molecular weight is 248 g/mol. The molecule has 0 spiro atoms. The van der Waals surface area contributed by atoms with Crippen LogP contribution in [0, 0.1) is 11.6 Å². The van der Waals surface area contributed by atoms with Crippen LogP contribution in [-0.4, -0.2) is 11.9 Å². The molecule has 1 amide bonds. The SMILES string of the molecule is CC[C@H](C)NC(=O)c1ccc(F)c(Cl)c1F. The molecule has 0 aliphatic carbocycles. The van der Waals surface area contributed by atoms with Crippen molar-refractivity contribution in [2.75, 3.05) is 0 Å². The van der Waals surface area contributed by atoms with Crippen molar-refractivity contribution in [3.63, 3.8) is 0 Å². The summed E-state index contributed by atoms with van der Waals surface area (Å²) in [6.07, 6.45) is 0.724. The molecule has 1 aromatic carbocycles. The van der Waals surface area contributed by atoms with Crippen LogP contribution in [0.1, 0.15) is 30.6 Å². The van der Waals surface area contributed by atoms with Gasteiger partial charge in [-0.25, -0.2) is 8.78 Å². The summed E-state index contributed by atoms with van der Waals surface area (Å²) in [4.78, 5) is 11.6. The fourth-order valence-electron chi connectivity index (χ4n) is 1.10. The second kappa shape index (κ2) is 5.25. The summed E-state index contributed by atoms with van der Waals surface area (Å²) in [5.41, 5.74) is -0.244. The van der Waals surface area contributed by atoms with Crippen LogP contribution in [0.4, 0.5) is 8.78 Å². The average Bonchev–Trinajstić information content (AvgIpc) is 2.25. The number of amides is 1. The van der Waals surface area contributed by atoms with Gasteiger partial charge in [-0.15, -0.1) is 0 Å². The molecule has 0 aromatic heterocycles. The van der Waals surface area contributed by atoms with E-state index >= 15 is 0 Å². The normalized spacial score (nSPS) is 12.3. The lowest BCUT2D eigenvalue weighted by molar-refractivity contribution is 0.0935. The predicted octanol–water partition coefficient (Wildman–Crippen LogP) is 3.15. The van der Waals surface area contributed by atoms with Crippen molar-refractivity contribution in [3.05, 3.63) is 34.4 Å². The van der Waals surface area contributed by atoms with Gasteiger partial charge in [0.05, 0.1) is 5.56 Å². The zero-order valence-electron chi connectivity index (χ0n) is 8.98. The van der Waals surface area contributed by atoms with Gasteiger partial charge < -0.3 is 5.32 Å². The van der Waals surface area contributed by atoms with Crippen LogP contribution in [0.5, 0.6) is 0 Å². The second-order valence-corrected chi connectivity index (χ2v) is 3.88. The van der Waals surface area contributed by atoms with Gasteiger partial charge in [-0.1, -0.05) is 18.5 Å². The first-order valence-corrected chi connectivity index (χ1v) is 5.29. The topological polar surface area (TPSA) is 29.1 Å². The lowest BCUT2D eigenvalue weighted by Crippen LogP contribution is -2.32. The van der Waals surface area contributed by atoms with Crippen molar-refractivity contribution in [1.82, 2.24) is 5.32 Å². The molecule has 0 fully saturated rings. The molecule has 0 saturated carbocycles. The number of hydrogen-bond acceptors (Lipinski definition) is 1. The van der Waals surface area contributed by atoms with Gasteiger partial charge in [0.1, 0.15) is 10.8 Å². The third-order valence-electron chi connectivity index (χ3n) is 2.27. The van der Waals surface area contributed by atoms with E-state index in [-0.39, 0.29) is 11.6 Å². The molecular weight excluding hydrogens is 236 g/mol. The molecule has 16 heavy (non-hydrogen) atoms. The lowest BCUT2D eigenvalue weighted by atomic mass is 10.1. The van der Waals surface area contributed by atoms with Crippen LogP contribution in [0.3, 0.4) is 0 Å². The molecule has 0 heterocycles. The Morgan fingerprint density at radius 2 is 2.12 bits per heavy atom. The summed E-state index contributed by atoms with van der Waals surface area (Å²) in [6.45, 7) is 3.68. The van der Waals surface area contributed by atoms with Crippen LogP contribution in [0.15, 0.2) is 12.1 Å². The number of halogens is 3. The van der Waals surface area contributed by atoms with Crippen molar-refractivity contribution in [2.45, 2.75) is 26.3 Å². The molecule has 0 radical (unpaired) electrons. The lowest BCUT2D eigenvalue weighted by Gasteiger charge is -2.12. The zero-order valence-corrected chi connectivity index (χ0v) is 9.74. The van der Waals surface area contributed by atoms with Gasteiger partial charge in [0.15, 0.2) is 5.82 Å². The third-order valence-corrected chi connectivity index (χ3v) is 2.62. The van der Waals surface area contributed by atoms with Crippen molar-refractivity contribution in [3.8, 4) is 0 Å². The van der Waals surface area contributed by atoms with Crippen molar-refractivity contribution < 1.29 is 13.6 Å². The molecule has 0 bridgehead atoms. The van der Waals surface area contributed by atoms with E-state index < -0.39 is 22.6 Å². The summed E-state index contributed by atoms with van der Waals surface area (Å²) < 4.78 is 26.3. The standard InChI is InChI=1S/C11H12ClF2NO/c1-3-6(2)15-11(16)7-4-5-8(13)9(12)10(7)14/h4-6H,3H2,1-2H3,(H,15,16)/t6-/m0/s1. The molecule has 0 aliphatic rings. The van der Waals surface area contributed by atoms with E-state index in [1.807, 2.05) is 6.92 Å². The minimum atomic E-state index is -1.03. The van der Waals surface area contributed by atoms with Gasteiger partial charge in [0.25, 0.3) is 5.91 Å². The summed E-state index contributed by atoms with van der Waals surface area (Å²) in [6, 6.07) is 1.97. The molecule has 5 heteroatoms. The van der Waals surface area contributed by atoms with Gasteiger partial charge in [-0.05, 0) is 25.5 Å². The molecule has 1 atom stereocenters. The maximum absolute atomic E-state index is 13.4. The highest BCUT2D eigenvalue weighted by molar-refractivity contribution is 6.31. The number of carbonyl (C=O) groups excluding carboxylic acids is 1. The number of carbonyl (C=O) groups is 1. The molecular formula is C11H12ClF2NO. The fourth-order valence-corrected chi connectivity index (χ4v) is 1.27. The Kier molecular flexibility index (Phi) is 4.24. The summed E-state index contributed by atoms with van der Waals surface area (Å²) in [7, 11) is 0. The second-order valence-electron chi connectivity index (χ2n) is 3.51. The van der Waals surface area contributed by atoms with Gasteiger partial charge in [-0.2, -0.15) is 0 Å². The van der Waals surface area contributed by atoms with E-state index in [9.17, 15) is 13.6 Å². The quantitative estimate of drug-likeness (QED) is 0.817. The first-order valence-electron chi connectivity index (χ1n) is 4.91. The highest BCUT2D eigenvalue weighted by atomic mass is 35.5. The summed E-state index contributed by atoms with van der Waals surface area (Å²) >= 11 is 5.37. The van der Waals surface area contributed by atoms with E-state index in [0.717, 1.165) is 18.6 Å². The Morgan fingerprint density at radius 3 is 2.69 bits per heavy atom. The third kappa shape index (κ3) is 2.70. The molecule has 2 nitrogen and oxygen atoms in total. The monoisotopic (exact) mass is 247 g/mol. The number of rotatable bonds is 3. The Bertz CT molecular complexity index is 409. The van der Waals surface area contributed by atoms with Crippen LogP contribution in [0.25, 0.3) is 0 Å². The predicted molar refractivity (Wildman–Crippen MR) is 58.6 cm³/mol. The van der Waals surface area contributed by atoms with Crippen LogP contribution < -0.4 is 5.32 Å². The number of benzene rings is 1. The highest BCUT2D eigenvalue weighted by Gasteiger charge is 2.18. The maximum Gasteiger partial charge on any atom is 0.254 e. The van der Waals surface area contributed by atoms with E-state index in [4.69, 9.17) is 11.6 Å². The van der Waals surface area contributed by atoms with E-state index in [1.165, 1.54) is 0 Å². The minimum absolute atomic E-state index is 0.0734. The molecule has 0 saturated heterocycles. The highest BCUT2D eigenvalue weighted by Crippen LogP contribution is 2.21. The minimum Gasteiger partial charge on any atom is -0.350 e. The fraction of sp³-hybridized carbons (Fsp3) is 0.364. The molecule has 1 aromatic rings. The van der Waals surface area contributed by atoms with Crippen LogP contribution >= 0.6 is 11.6 Å². The van der Waals surface area contributed by atoms with E-state index in [2.05, 4.69) is 5.32 Å². The summed E-state index contributed by atoms with van der Waals surface area (Å²) in [5, 5.41) is 1.92. The van der Waals surface area contributed by atoms with Gasteiger partial charge in [0.2, 0.25) is 0 Å². The molecule has 1 rings (SSSR count). The Labute approximate surface area is 97.6 Å². The van der Waals surface area contributed by atoms with Crippen LogP contribution in [0.2, 0.25) is 5.02 Å². The molecule has 88 valence electrons. The van der Waals surface area contributed by atoms with Gasteiger partial charge in [0, 0.05) is 6.04 Å². The number of nitrogens with one attached hydrogen (secondary N) is 1. The van der Waals surface area contributed by atoms with E-state index in [0.29, 0.717) is 0 Å². The van der Waals surface area contributed by atoms with Crippen molar-refractivity contribution in [2.24, 2.45) is 0 Å². The first kappa shape index (κ1) is 12.9.